The van der Waals surface area contributed by atoms with Gasteiger partial charge in [-0.2, -0.15) is 0 Å². The summed E-state index contributed by atoms with van der Waals surface area (Å²) >= 11 is 0. The van der Waals surface area contributed by atoms with Gasteiger partial charge in [0, 0.05) is 26.8 Å². The summed E-state index contributed by atoms with van der Waals surface area (Å²) in [6, 6.07) is 2.96. The molecule has 0 radical (unpaired) electrons. The first kappa shape index (κ1) is 16.4. The first-order valence-electron chi connectivity index (χ1n) is 6.14. The molecule has 8 heteroatoms. The zero-order chi connectivity index (χ0) is 15.3. The van der Waals surface area contributed by atoms with Crippen LogP contribution in [0.4, 0.5) is 5.82 Å². The molecule has 0 bridgehead atoms. The molecule has 0 saturated heterocycles. The van der Waals surface area contributed by atoms with Gasteiger partial charge in [0.15, 0.2) is 0 Å². The molecule has 112 valence electrons. The second-order valence-electron chi connectivity index (χ2n) is 4.45. The molecular formula is C12H19N3O4S. The van der Waals surface area contributed by atoms with Crippen LogP contribution in [0.3, 0.4) is 0 Å². The minimum atomic E-state index is -3.52. The third-order valence-electron chi connectivity index (χ3n) is 2.64. The van der Waals surface area contributed by atoms with Crippen molar-refractivity contribution in [3.63, 3.8) is 0 Å². The van der Waals surface area contributed by atoms with E-state index >= 15 is 0 Å². The molecule has 0 aliphatic carbocycles. The van der Waals surface area contributed by atoms with Gasteiger partial charge >= 0.3 is 5.97 Å². The largest absolute Gasteiger partial charge is 0.480 e. The van der Waals surface area contributed by atoms with Crippen molar-refractivity contribution in [3.8, 4) is 0 Å². The van der Waals surface area contributed by atoms with E-state index in [2.05, 4.69) is 4.98 Å². The fraction of sp³-hybridized carbons (Fsp3) is 0.500. The van der Waals surface area contributed by atoms with Crippen LogP contribution in [-0.2, 0) is 14.8 Å². The maximum Gasteiger partial charge on any atom is 0.323 e. The van der Waals surface area contributed by atoms with E-state index in [-0.39, 0.29) is 11.4 Å². The Labute approximate surface area is 118 Å². The summed E-state index contributed by atoms with van der Waals surface area (Å²) in [5, 5.41) is 8.86. The lowest BCUT2D eigenvalue weighted by molar-refractivity contribution is -0.135. The Kier molecular flexibility index (Phi) is 5.46. The second kappa shape index (κ2) is 6.67. The molecule has 0 amide bonds. The number of sulfonamides is 1. The van der Waals surface area contributed by atoms with Crippen molar-refractivity contribution in [2.75, 3.05) is 32.1 Å². The van der Waals surface area contributed by atoms with Gasteiger partial charge in [0.25, 0.3) is 0 Å². The third-order valence-corrected chi connectivity index (χ3v) is 4.44. The van der Waals surface area contributed by atoms with E-state index in [9.17, 15) is 13.2 Å². The lowest BCUT2D eigenvalue weighted by atomic mass is 10.3. The number of anilines is 1. The van der Waals surface area contributed by atoms with Crippen LogP contribution in [-0.4, -0.2) is 56.0 Å². The van der Waals surface area contributed by atoms with E-state index in [4.69, 9.17) is 5.11 Å². The van der Waals surface area contributed by atoms with Gasteiger partial charge in [0.1, 0.15) is 17.3 Å². The standard InChI is InChI=1S/C12H19N3O4S/c1-4-7-15(9-12(16)17)11-6-5-10(8-13-11)20(18,19)14(2)3/h5-6,8H,4,7,9H2,1-3H3,(H,16,17). The van der Waals surface area contributed by atoms with Crippen molar-refractivity contribution in [3.05, 3.63) is 18.3 Å². The zero-order valence-electron chi connectivity index (χ0n) is 11.8. The highest BCUT2D eigenvalue weighted by Gasteiger charge is 2.18. The molecule has 0 unspecified atom stereocenters. The van der Waals surface area contributed by atoms with Gasteiger partial charge in [-0.3, -0.25) is 4.79 Å². The van der Waals surface area contributed by atoms with Crippen LogP contribution in [0.2, 0.25) is 0 Å². The Morgan fingerprint density at radius 3 is 2.40 bits per heavy atom. The lowest BCUT2D eigenvalue weighted by Gasteiger charge is -2.21. The quantitative estimate of drug-likeness (QED) is 0.794. The number of carboxylic acid groups (broad SMARTS) is 1. The summed E-state index contributed by atoms with van der Waals surface area (Å²) in [6.45, 7) is 2.30. The molecule has 1 aromatic rings. The SMILES string of the molecule is CCCN(CC(=O)O)c1ccc(S(=O)(=O)N(C)C)cn1. The van der Waals surface area contributed by atoms with Gasteiger partial charge < -0.3 is 10.0 Å². The average molecular weight is 301 g/mol. The molecule has 1 heterocycles. The Hall–Kier alpha value is -1.67. The molecule has 0 atom stereocenters. The van der Waals surface area contributed by atoms with Crippen LogP contribution >= 0.6 is 0 Å². The minimum Gasteiger partial charge on any atom is -0.480 e. The molecule has 0 aliphatic rings. The normalized spacial score (nSPS) is 11.6. The predicted octanol–water partition coefficient (Wildman–Crippen LogP) is 0.633. The summed E-state index contributed by atoms with van der Waals surface area (Å²) in [4.78, 5) is 16.5. The summed E-state index contributed by atoms with van der Waals surface area (Å²) in [7, 11) is -0.636. The van der Waals surface area contributed by atoms with Crippen LogP contribution < -0.4 is 4.90 Å². The molecule has 0 spiro atoms. The van der Waals surface area contributed by atoms with Gasteiger partial charge in [0.05, 0.1) is 0 Å². The molecule has 1 aromatic heterocycles. The first-order valence-corrected chi connectivity index (χ1v) is 7.58. The van der Waals surface area contributed by atoms with Crippen LogP contribution in [0.25, 0.3) is 0 Å². The number of aliphatic carboxylic acids is 1. The van der Waals surface area contributed by atoms with E-state index in [1.807, 2.05) is 6.92 Å². The van der Waals surface area contributed by atoms with Crippen molar-refractivity contribution < 1.29 is 18.3 Å². The molecule has 0 aliphatic heterocycles. The van der Waals surface area contributed by atoms with E-state index in [1.165, 1.54) is 32.4 Å². The van der Waals surface area contributed by atoms with Crippen LogP contribution in [0, 0.1) is 0 Å². The molecule has 7 nitrogen and oxygen atoms in total. The topological polar surface area (TPSA) is 90.8 Å². The van der Waals surface area contributed by atoms with Gasteiger partial charge in [-0.1, -0.05) is 6.92 Å². The summed E-state index contributed by atoms with van der Waals surface area (Å²) in [5.41, 5.74) is 0. The van der Waals surface area contributed by atoms with Crippen LogP contribution in [0.5, 0.6) is 0 Å². The van der Waals surface area contributed by atoms with Gasteiger partial charge in [-0.15, -0.1) is 0 Å². The molecule has 1 rings (SSSR count). The Balaban J connectivity index is 3.02. The van der Waals surface area contributed by atoms with E-state index in [0.29, 0.717) is 12.4 Å². The van der Waals surface area contributed by atoms with Crippen molar-refractivity contribution in [1.82, 2.24) is 9.29 Å². The number of rotatable bonds is 7. The molecule has 20 heavy (non-hydrogen) atoms. The molecule has 0 saturated carbocycles. The monoisotopic (exact) mass is 301 g/mol. The van der Waals surface area contributed by atoms with E-state index in [1.54, 1.807) is 4.90 Å². The molecule has 1 N–H and O–H groups in total. The second-order valence-corrected chi connectivity index (χ2v) is 6.61. The van der Waals surface area contributed by atoms with Gasteiger partial charge in [-0.25, -0.2) is 17.7 Å². The van der Waals surface area contributed by atoms with Gasteiger partial charge in [-0.05, 0) is 18.6 Å². The minimum absolute atomic E-state index is 0.0815. The molecular weight excluding hydrogens is 282 g/mol. The van der Waals surface area contributed by atoms with E-state index in [0.717, 1.165) is 10.7 Å². The number of hydrogen-bond acceptors (Lipinski definition) is 5. The fourth-order valence-electron chi connectivity index (χ4n) is 1.63. The van der Waals surface area contributed by atoms with Crippen molar-refractivity contribution in [1.29, 1.82) is 0 Å². The van der Waals surface area contributed by atoms with Crippen molar-refractivity contribution in [2.24, 2.45) is 0 Å². The van der Waals surface area contributed by atoms with Gasteiger partial charge in [0.2, 0.25) is 10.0 Å². The number of pyridine rings is 1. The highest BCUT2D eigenvalue weighted by atomic mass is 32.2. The highest BCUT2D eigenvalue weighted by molar-refractivity contribution is 7.89. The number of carboxylic acids is 1. The van der Waals surface area contributed by atoms with Crippen LogP contribution in [0.15, 0.2) is 23.2 Å². The molecule has 0 aromatic carbocycles. The Morgan fingerprint density at radius 1 is 1.35 bits per heavy atom. The fourth-order valence-corrected chi connectivity index (χ4v) is 2.48. The Morgan fingerprint density at radius 2 is 2.00 bits per heavy atom. The maximum atomic E-state index is 11.9. The average Bonchev–Trinajstić information content (AvgIpc) is 2.37. The number of nitrogens with zero attached hydrogens (tertiary/aromatic N) is 3. The first-order chi connectivity index (χ1) is 9.28. The summed E-state index contributed by atoms with van der Waals surface area (Å²) < 4.78 is 24.9. The number of aromatic nitrogens is 1. The highest BCUT2D eigenvalue weighted by Crippen LogP contribution is 2.16. The number of carbonyl (C=O) groups is 1. The number of hydrogen-bond donors (Lipinski definition) is 1. The Bertz CT molecular complexity index is 555. The lowest BCUT2D eigenvalue weighted by Crippen LogP contribution is -2.31. The van der Waals surface area contributed by atoms with Crippen molar-refractivity contribution in [2.45, 2.75) is 18.2 Å². The van der Waals surface area contributed by atoms with E-state index < -0.39 is 16.0 Å². The zero-order valence-corrected chi connectivity index (χ0v) is 12.6. The smallest absolute Gasteiger partial charge is 0.323 e. The summed E-state index contributed by atoms with van der Waals surface area (Å²) in [6.07, 6.45) is 2.02. The predicted molar refractivity (Wildman–Crippen MR) is 75.2 cm³/mol. The maximum absolute atomic E-state index is 11.9. The summed E-state index contributed by atoms with van der Waals surface area (Å²) in [5.74, 6) is -0.503. The third kappa shape index (κ3) is 3.91. The molecule has 0 fully saturated rings. The van der Waals surface area contributed by atoms with Crippen LogP contribution in [0.1, 0.15) is 13.3 Å². The van der Waals surface area contributed by atoms with Crippen molar-refractivity contribution >= 4 is 21.8 Å².